The molecule has 1 atom stereocenters. The molecule has 0 saturated heterocycles. The minimum Gasteiger partial charge on any atom is -0.464 e. The normalized spacial score (nSPS) is 11.7. The Morgan fingerprint density at radius 2 is 1.72 bits per heavy atom. The highest BCUT2D eigenvalue weighted by Gasteiger charge is 2.26. The van der Waals surface area contributed by atoms with Crippen LogP contribution in [0.15, 0.2) is 46.9 Å². The monoisotopic (exact) mass is 411 g/mol. The van der Waals surface area contributed by atoms with Crippen LogP contribution in [0, 0.1) is 11.6 Å². The van der Waals surface area contributed by atoms with Gasteiger partial charge in [-0.15, -0.1) is 0 Å². The molecule has 0 unspecified atom stereocenters. The van der Waals surface area contributed by atoms with Gasteiger partial charge in [-0.05, 0) is 36.8 Å². The Morgan fingerprint density at radius 1 is 1.12 bits per heavy atom. The minimum absolute atomic E-state index is 0.125. The van der Waals surface area contributed by atoms with Crippen LogP contribution in [0.2, 0.25) is 0 Å². The van der Waals surface area contributed by atoms with Crippen LogP contribution in [-0.2, 0) is 16.0 Å². The van der Waals surface area contributed by atoms with E-state index in [-0.39, 0.29) is 13.0 Å². The summed E-state index contributed by atoms with van der Waals surface area (Å²) in [6, 6.07) is 9.17. The largest absolute Gasteiger partial charge is 0.464 e. The zero-order valence-corrected chi connectivity index (χ0v) is 15.0. The molecule has 0 saturated carbocycles. The van der Waals surface area contributed by atoms with Gasteiger partial charge in [0.15, 0.2) is 0 Å². The summed E-state index contributed by atoms with van der Waals surface area (Å²) in [6.45, 7) is 1.76. The topological polar surface area (TPSA) is 55.4 Å². The quantitative estimate of drug-likeness (QED) is 0.738. The highest BCUT2D eigenvalue weighted by atomic mass is 79.9. The number of ether oxygens (including phenoxy) is 1. The van der Waals surface area contributed by atoms with Crippen molar-refractivity contribution in [1.29, 1.82) is 0 Å². The third-order valence-corrected chi connectivity index (χ3v) is 3.95. The van der Waals surface area contributed by atoms with E-state index >= 15 is 0 Å². The number of esters is 1. The highest BCUT2D eigenvalue weighted by Crippen LogP contribution is 2.15. The number of benzene rings is 2. The Balaban J connectivity index is 2.22. The molecule has 0 fully saturated rings. The molecule has 7 heteroatoms. The van der Waals surface area contributed by atoms with E-state index in [0.717, 1.165) is 28.2 Å². The molecule has 0 aliphatic heterocycles. The summed E-state index contributed by atoms with van der Waals surface area (Å²) in [7, 11) is 0. The first-order valence-electron chi connectivity index (χ1n) is 7.58. The molecule has 0 aliphatic carbocycles. The fraction of sp³-hybridized carbons (Fsp3) is 0.222. The maximum absolute atomic E-state index is 13.7. The maximum Gasteiger partial charge on any atom is 0.328 e. The molecule has 0 aliphatic rings. The first-order chi connectivity index (χ1) is 11.9. The molecular formula is C18H16BrF2NO3. The molecule has 0 aromatic heterocycles. The van der Waals surface area contributed by atoms with Gasteiger partial charge in [0, 0.05) is 10.9 Å². The van der Waals surface area contributed by atoms with Gasteiger partial charge in [0.1, 0.15) is 23.2 Å². The van der Waals surface area contributed by atoms with Crippen LogP contribution in [0.5, 0.6) is 0 Å². The third-order valence-electron chi connectivity index (χ3n) is 3.42. The van der Waals surface area contributed by atoms with Crippen LogP contribution in [0.25, 0.3) is 0 Å². The van der Waals surface area contributed by atoms with E-state index in [0.29, 0.717) is 0 Å². The fourth-order valence-electron chi connectivity index (χ4n) is 2.24. The van der Waals surface area contributed by atoms with Gasteiger partial charge in [0.05, 0.1) is 6.61 Å². The average molecular weight is 412 g/mol. The third kappa shape index (κ3) is 5.09. The lowest BCUT2D eigenvalue weighted by atomic mass is 10.1. The fourth-order valence-corrected chi connectivity index (χ4v) is 2.50. The van der Waals surface area contributed by atoms with Crippen molar-refractivity contribution in [2.75, 3.05) is 6.61 Å². The second-order valence-corrected chi connectivity index (χ2v) is 6.12. The van der Waals surface area contributed by atoms with Crippen molar-refractivity contribution in [3.63, 3.8) is 0 Å². The van der Waals surface area contributed by atoms with Gasteiger partial charge >= 0.3 is 5.97 Å². The van der Waals surface area contributed by atoms with E-state index in [1.807, 2.05) is 0 Å². The number of rotatable bonds is 6. The highest BCUT2D eigenvalue weighted by molar-refractivity contribution is 9.10. The zero-order chi connectivity index (χ0) is 18.4. The van der Waals surface area contributed by atoms with Gasteiger partial charge in [-0.3, -0.25) is 4.79 Å². The second kappa shape index (κ2) is 8.71. The number of nitrogens with one attached hydrogen (secondary N) is 1. The van der Waals surface area contributed by atoms with Crippen molar-refractivity contribution in [2.45, 2.75) is 19.4 Å². The molecule has 4 nitrogen and oxygen atoms in total. The van der Waals surface area contributed by atoms with Crippen LogP contribution in [0.3, 0.4) is 0 Å². The molecule has 0 bridgehead atoms. The van der Waals surface area contributed by atoms with Gasteiger partial charge in [0.2, 0.25) is 0 Å². The number of carbonyl (C=O) groups excluding carboxylic acids is 2. The summed E-state index contributed by atoms with van der Waals surface area (Å²) in [5.74, 6) is -3.67. The summed E-state index contributed by atoms with van der Waals surface area (Å²) in [5, 5.41) is 2.36. The van der Waals surface area contributed by atoms with Gasteiger partial charge < -0.3 is 10.1 Å². The molecule has 2 aromatic carbocycles. The van der Waals surface area contributed by atoms with Gasteiger partial charge in [0.25, 0.3) is 5.91 Å². The zero-order valence-electron chi connectivity index (χ0n) is 13.4. The Labute approximate surface area is 152 Å². The lowest BCUT2D eigenvalue weighted by molar-refractivity contribution is -0.145. The predicted molar refractivity (Wildman–Crippen MR) is 92.1 cm³/mol. The van der Waals surface area contributed by atoms with Crippen molar-refractivity contribution < 1.29 is 23.1 Å². The van der Waals surface area contributed by atoms with Crippen molar-refractivity contribution in [2.24, 2.45) is 0 Å². The number of carbonyl (C=O) groups is 2. The number of hydrogen-bond acceptors (Lipinski definition) is 3. The molecular weight excluding hydrogens is 396 g/mol. The number of halogens is 3. The molecule has 1 N–H and O–H groups in total. The van der Waals surface area contributed by atoms with Crippen LogP contribution >= 0.6 is 15.9 Å². The van der Waals surface area contributed by atoms with Crippen molar-refractivity contribution in [3.8, 4) is 0 Å². The Kier molecular flexibility index (Phi) is 6.64. The summed E-state index contributed by atoms with van der Waals surface area (Å²) in [5.41, 5.74) is 0.0307. The first-order valence-corrected chi connectivity index (χ1v) is 8.37. The van der Waals surface area contributed by atoms with Crippen LogP contribution < -0.4 is 5.32 Å². The molecule has 0 spiro atoms. The van der Waals surface area contributed by atoms with Gasteiger partial charge in [-0.1, -0.05) is 34.1 Å². The molecule has 1 amide bonds. The minimum atomic E-state index is -1.06. The molecule has 0 radical (unpaired) electrons. The molecule has 25 heavy (non-hydrogen) atoms. The predicted octanol–water partition coefficient (Wildman–Crippen LogP) is 3.63. The van der Waals surface area contributed by atoms with Crippen molar-refractivity contribution in [1.82, 2.24) is 5.32 Å². The number of amides is 1. The van der Waals surface area contributed by atoms with E-state index < -0.39 is 35.1 Å². The Bertz CT molecular complexity index is 745. The van der Waals surface area contributed by atoms with E-state index in [1.54, 1.807) is 31.2 Å². The summed E-state index contributed by atoms with van der Waals surface area (Å²) in [6.07, 6.45) is 0.133. The van der Waals surface area contributed by atoms with Gasteiger partial charge in [-0.25, -0.2) is 13.6 Å². The second-order valence-electron chi connectivity index (χ2n) is 5.21. The Hall–Kier alpha value is -2.28. The smallest absolute Gasteiger partial charge is 0.328 e. The van der Waals surface area contributed by atoms with Crippen LogP contribution in [-0.4, -0.2) is 24.5 Å². The van der Waals surface area contributed by atoms with E-state index in [4.69, 9.17) is 4.74 Å². The van der Waals surface area contributed by atoms with E-state index in [9.17, 15) is 18.4 Å². The SMILES string of the molecule is CCOC(=O)[C@H](Cc1ccc(Br)cc1)NC(=O)c1c(F)cccc1F. The molecule has 0 heterocycles. The van der Waals surface area contributed by atoms with Gasteiger partial charge in [-0.2, -0.15) is 0 Å². The average Bonchev–Trinajstić information content (AvgIpc) is 2.56. The molecule has 132 valence electrons. The van der Waals surface area contributed by atoms with Crippen molar-refractivity contribution >= 4 is 27.8 Å². The van der Waals surface area contributed by atoms with E-state index in [1.165, 1.54) is 0 Å². The molecule has 2 rings (SSSR count). The summed E-state index contributed by atoms with van der Waals surface area (Å²) < 4.78 is 33.3. The first kappa shape index (κ1) is 19.1. The lowest BCUT2D eigenvalue weighted by Gasteiger charge is -2.18. The summed E-state index contributed by atoms with van der Waals surface area (Å²) >= 11 is 3.31. The lowest BCUT2D eigenvalue weighted by Crippen LogP contribution is -2.44. The van der Waals surface area contributed by atoms with Crippen LogP contribution in [0.1, 0.15) is 22.8 Å². The standard InChI is InChI=1S/C18H16BrF2NO3/c1-2-25-18(24)15(10-11-6-8-12(19)9-7-11)22-17(23)16-13(20)4-3-5-14(16)21/h3-9,15H,2,10H2,1H3,(H,22,23)/t15-/m0/s1. The summed E-state index contributed by atoms with van der Waals surface area (Å²) in [4.78, 5) is 24.4. The Morgan fingerprint density at radius 3 is 2.28 bits per heavy atom. The van der Waals surface area contributed by atoms with Crippen LogP contribution in [0.4, 0.5) is 8.78 Å². The van der Waals surface area contributed by atoms with E-state index in [2.05, 4.69) is 21.2 Å². The van der Waals surface area contributed by atoms with Crippen molar-refractivity contribution in [3.05, 3.63) is 69.7 Å². The number of hydrogen-bond donors (Lipinski definition) is 1. The maximum atomic E-state index is 13.7. The molecule has 2 aromatic rings.